The lowest BCUT2D eigenvalue weighted by Gasteiger charge is -2.19. The Hall–Kier alpha value is -1.42. The minimum atomic E-state index is -0.222. The number of amides is 1. The molecule has 0 saturated carbocycles. The average Bonchev–Trinajstić information content (AvgIpc) is 2.36. The molecule has 0 aliphatic rings. The lowest BCUT2D eigenvalue weighted by Crippen LogP contribution is -2.44. The second-order valence-electron chi connectivity index (χ2n) is 5.00. The van der Waals surface area contributed by atoms with Crippen molar-refractivity contribution < 1.29 is 4.79 Å². The van der Waals surface area contributed by atoms with Crippen molar-refractivity contribution >= 4 is 5.91 Å². The average molecular weight is 249 g/mol. The summed E-state index contributed by atoms with van der Waals surface area (Å²) < 4.78 is 0. The first-order valence-corrected chi connectivity index (χ1v) is 6.45. The summed E-state index contributed by atoms with van der Waals surface area (Å²) in [5.41, 5.74) is 0.945. The summed E-state index contributed by atoms with van der Waals surface area (Å²) in [5, 5.41) is 6.16. The van der Waals surface area contributed by atoms with Gasteiger partial charge >= 0.3 is 0 Å². The molecule has 18 heavy (non-hydrogen) atoms. The van der Waals surface area contributed by atoms with Crippen LogP contribution < -0.4 is 10.6 Å². The summed E-state index contributed by atoms with van der Waals surface area (Å²) >= 11 is 0. The van der Waals surface area contributed by atoms with Crippen LogP contribution in [0.15, 0.2) is 24.4 Å². The zero-order valence-corrected chi connectivity index (χ0v) is 11.6. The van der Waals surface area contributed by atoms with Crippen molar-refractivity contribution in [3.8, 4) is 0 Å². The zero-order chi connectivity index (χ0) is 13.5. The maximum Gasteiger partial charge on any atom is 0.236 e. The summed E-state index contributed by atoms with van der Waals surface area (Å²) in [6, 6.07) is 5.63. The smallest absolute Gasteiger partial charge is 0.236 e. The van der Waals surface area contributed by atoms with Gasteiger partial charge in [0.15, 0.2) is 0 Å². The standard InChI is InChI=1S/C14H23N3O/c1-10(2)9-16-14(18)12(4)17-11(3)13-7-5-6-8-15-13/h5-8,10-12,17H,9H2,1-4H3,(H,16,18)/t11-,12?/m1/s1. The van der Waals surface area contributed by atoms with Gasteiger partial charge in [0.1, 0.15) is 0 Å². The van der Waals surface area contributed by atoms with Gasteiger partial charge in [0.2, 0.25) is 5.91 Å². The molecule has 1 heterocycles. The molecule has 0 aliphatic carbocycles. The topological polar surface area (TPSA) is 54.0 Å². The number of hydrogen-bond donors (Lipinski definition) is 2. The third-order valence-corrected chi connectivity index (χ3v) is 2.71. The Morgan fingerprint density at radius 3 is 2.56 bits per heavy atom. The molecular weight excluding hydrogens is 226 g/mol. The highest BCUT2D eigenvalue weighted by Gasteiger charge is 2.16. The molecule has 2 N–H and O–H groups in total. The summed E-state index contributed by atoms with van der Waals surface area (Å²) in [4.78, 5) is 16.1. The number of pyridine rings is 1. The Balaban J connectivity index is 2.44. The van der Waals surface area contributed by atoms with Crippen molar-refractivity contribution in [3.63, 3.8) is 0 Å². The van der Waals surface area contributed by atoms with E-state index in [1.54, 1.807) is 6.20 Å². The van der Waals surface area contributed by atoms with Crippen LogP contribution in [0.5, 0.6) is 0 Å². The van der Waals surface area contributed by atoms with Crippen LogP contribution in [-0.4, -0.2) is 23.5 Å². The van der Waals surface area contributed by atoms with Crippen molar-refractivity contribution in [3.05, 3.63) is 30.1 Å². The maximum absolute atomic E-state index is 11.8. The number of rotatable bonds is 6. The SMILES string of the molecule is CC(C)CNC(=O)C(C)N[C@H](C)c1ccccn1. The van der Waals surface area contributed by atoms with Gasteiger partial charge in [-0.25, -0.2) is 0 Å². The molecule has 2 atom stereocenters. The molecule has 0 aliphatic heterocycles. The Morgan fingerprint density at radius 1 is 1.28 bits per heavy atom. The predicted octanol–water partition coefficient (Wildman–Crippen LogP) is 1.89. The van der Waals surface area contributed by atoms with Crippen LogP contribution in [0.25, 0.3) is 0 Å². The van der Waals surface area contributed by atoms with E-state index in [4.69, 9.17) is 0 Å². The van der Waals surface area contributed by atoms with E-state index in [1.165, 1.54) is 0 Å². The molecular formula is C14H23N3O. The molecule has 4 heteroatoms. The highest BCUT2D eigenvalue weighted by atomic mass is 16.2. The van der Waals surface area contributed by atoms with Crippen LogP contribution >= 0.6 is 0 Å². The second kappa shape index (κ2) is 7.11. The third kappa shape index (κ3) is 4.84. The first kappa shape index (κ1) is 14.6. The van der Waals surface area contributed by atoms with E-state index in [0.717, 1.165) is 5.69 Å². The molecule has 1 amide bonds. The molecule has 1 rings (SSSR count). The summed E-state index contributed by atoms with van der Waals surface area (Å²) in [5.74, 6) is 0.501. The Kier molecular flexibility index (Phi) is 5.78. The number of aromatic nitrogens is 1. The lowest BCUT2D eigenvalue weighted by atomic mass is 10.1. The summed E-state index contributed by atoms with van der Waals surface area (Å²) in [6.45, 7) is 8.75. The van der Waals surface area contributed by atoms with Crippen molar-refractivity contribution in [1.82, 2.24) is 15.6 Å². The molecule has 0 radical (unpaired) electrons. The summed E-state index contributed by atoms with van der Waals surface area (Å²) in [6.07, 6.45) is 1.76. The minimum absolute atomic E-state index is 0.0338. The van der Waals surface area contributed by atoms with Crippen LogP contribution in [0.3, 0.4) is 0 Å². The number of nitrogens with one attached hydrogen (secondary N) is 2. The molecule has 0 saturated heterocycles. The van der Waals surface area contributed by atoms with Crippen molar-refractivity contribution in [2.75, 3.05) is 6.54 Å². The van der Waals surface area contributed by atoms with E-state index in [-0.39, 0.29) is 18.0 Å². The van der Waals surface area contributed by atoms with Gasteiger partial charge < -0.3 is 5.32 Å². The Morgan fingerprint density at radius 2 is 2.00 bits per heavy atom. The van der Waals surface area contributed by atoms with Gasteiger partial charge in [0.25, 0.3) is 0 Å². The van der Waals surface area contributed by atoms with Crippen LogP contribution in [-0.2, 0) is 4.79 Å². The lowest BCUT2D eigenvalue weighted by molar-refractivity contribution is -0.123. The number of carbonyl (C=O) groups excluding carboxylic acids is 1. The van der Waals surface area contributed by atoms with E-state index in [2.05, 4.69) is 29.5 Å². The van der Waals surface area contributed by atoms with Crippen molar-refractivity contribution in [2.24, 2.45) is 5.92 Å². The van der Waals surface area contributed by atoms with Gasteiger partial charge in [0.05, 0.1) is 11.7 Å². The van der Waals surface area contributed by atoms with Gasteiger partial charge in [-0.2, -0.15) is 0 Å². The molecule has 1 aromatic heterocycles. The minimum Gasteiger partial charge on any atom is -0.354 e. The first-order valence-electron chi connectivity index (χ1n) is 6.45. The van der Waals surface area contributed by atoms with Crippen LogP contribution in [0.4, 0.5) is 0 Å². The first-order chi connectivity index (χ1) is 8.50. The molecule has 4 nitrogen and oxygen atoms in total. The molecule has 1 aromatic rings. The molecule has 100 valence electrons. The highest BCUT2D eigenvalue weighted by Crippen LogP contribution is 2.08. The van der Waals surface area contributed by atoms with E-state index >= 15 is 0 Å². The fraction of sp³-hybridized carbons (Fsp3) is 0.571. The molecule has 0 bridgehead atoms. The maximum atomic E-state index is 11.8. The predicted molar refractivity (Wildman–Crippen MR) is 73.1 cm³/mol. The van der Waals surface area contributed by atoms with Crippen molar-refractivity contribution in [2.45, 2.75) is 39.8 Å². The summed E-state index contributed by atoms with van der Waals surface area (Å²) in [7, 11) is 0. The number of carbonyl (C=O) groups is 1. The van der Waals surface area contributed by atoms with E-state index in [1.807, 2.05) is 32.0 Å². The van der Waals surface area contributed by atoms with Gasteiger partial charge in [-0.1, -0.05) is 19.9 Å². The Bertz CT molecular complexity index is 365. The van der Waals surface area contributed by atoms with E-state index in [0.29, 0.717) is 12.5 Å². The van der Waals surface area contributed by atoms with E-state index < -0.39 is 0 Å². The Labute approximate surface area is 109 Å². The molecule has 0 spiro atoms. The third-order valence-electron chi connectivity index (χ3n) is 2.71. The van der Waals surface area contributed by atoms with Gasteiger partial charge in [-0.3, -0.25) is 15.1 Å². The zero-order valence-electron chi connectivity index (χ0n) is 11.6. The number of hydrogen-bond acceptors (Lipinski definition) is 3. The molecule has 0 aromatic carbocycles. The van der Waals surface area contributed by atoms with Crippen LogP contribution in [0.1, 0.15) is 39.4 Å². The fourth-order valence-corrected chi connectivity index (χ4v) is 1.63. The fourth-order valence-electron chi connectivity index (χ4n) is 1.63. The number of nitrogens with zero attached hydrogens (tertiary/aromatic N) is 1. The van der Waals surface area contributed by atoms with Gasteiger partial charge in [-0.15, -0.1) is 0 Å². The van der Waals surface area contributed by atoms with Crippen molar-refractivity contribution in [1.29, 1.82) is 0 Å². The monoisotopic (exact) mass is 249 g/mol. The second-order valence-corrected chi connectivity index (χ2v) is 5.00. The highest BCUT2D eigenvalue weighted by molar-refractivity contribution is 5.81. The quantitative estimate of drug-likeness (QED) is 0.809. The molecule has 1 unspecified atom stereocenters. The van der Waals surface area contributed by atoms with Gasteiger partial charge in [-0.05, 0) is 31.9 Å². The normalized spacial score (nSPS) is 14.3. The van der Waals surface area contributed by atoms with Gasteiger partial charge in [0, 0.05) is 18.8 Å². The van der Waals surface area contributed by atoms with E-state index in [9.17, 15) is 4.79 Å². The molecule has 0 fully saturated rings. The van der Waals surface area contributed by atoms with Crippen LogP contribution in [0, 0.1) is 5.92 Å². The van der Waals surface area contributed by atoms with Crippen LogP contribution in [0.2, 0.25) is 0 Å². The largest absolute Gasteiger partial charge is 0.354 e.